The van der Waals surface area contributed by atoms with E-state index in [4.69, 9.17) is 22.8 Å². The first-order valence-corrected chi connectivity index (χ1v) is 7.46. The predicted octanol–water partition coefficient (Wildman–Crippen LogP) is 3.55. The lowest BCUT2D eigenvalue weighted by molar-refractivity contribution is -0.118. The molecule has 0 radical (unpaired) electrons. The van der Waals surface area contributed by atoms with Gasteiger partial charge in [-0.3, -0.25) is 4.79 Å². The quantitative estimate of drug-likeness (QED) is 0.786. The second kappa shape index (κ2) is 8.34. The number of carbonyl (C=O) groups is 1. The van der Waals surface area contributed by atoms with Gasteiger partial charge in [0.1, 0.15) is 18.2 Å². The average molecular weight is 348 g/mol. The Morgan fingerprint density at radius 2 is 2.04 bits per heavy atom. The van der Waals surface area contributed by atoms with Crippen LogP contribution in [0.5, 0.6) is 5.75 Å². The molecule has 0 heterocycles. The third kappa shape index (κ3) is 4.98. The highest BCUT2D eigenvalue weighted by Crippen LogP contribution is 2.26. The molecule has 1 amide bonds. The van der Waals surface area contributed by atoms with Crippen molar-refractivity contribution in [2.75, 3.05) is 11.9 Å². The van der Waals surface area contributed by atoms with E-state index in [1.165, 1.54) is 12.1 Å². The van der Waals surface area contributed by atoms with Crippen molar-refractivity contribution in [2.45, 2.75) is 12.5 Å². The van der Waals surface area contributed by atoms with Gasteiger partial charge in [0.15, 0.2) is 0 Å². The van der Waals surface area contributed by atoms with E-state index in [0.29, 0.717) is 10.6 Å². The molecule has 0 aromatic heterocycles. The van der Waals surface area contributed by atoms with Crippen molar-refractivity contribution in [1.82, 2.24) is 0 Å². The normalized spacial score (nSPS) is 11.4. The van der Waals surface area contributed by atoms with Gasteiger partial charge >= 0.3 is 0 Å². The van der Waals surface area contributed by atoms with Gasteiger partial charge in [-0.2, -0.15) is 0 Å². The van der Waals surface area contributed by atoms with Crippen LogP contribution in [0.25, 0.3) is 0 Å². The summed E-state index contributed by atoms with van der Waals surface area (Å²) >= 11 is 5.78. The number of amides is 1. The molecule has 0 fully saturated rings. The van der Waals surface area contributed by atoms with Gasteiger partial charge in [-0.1, -0.05) is 29.7 Å². The second-order valence-corrected chi connectivity index (χ2v) is 5.39. The van der Waals surface area contributed by atoms with E-state index in [2.05, 4.69) is 11.2 Å². The maximum atomic E-state index is 13.4. The first-order valence-electron chi connectivity index (χ1n) is 7.09. The Morgan fingerprint density at radius 3 is 2.71 bits per heavy atom. The van der Waals surface area contributed by atoms with Crippen LogP contribution in [-0.4, -0.2) is 17.6 Å². The maximum Gasteiger partial charge on any atom is 0.227 e. The van der Waals surface area contributed by atoms with Gasteiger partial charge in [0.25, 0.3) is 0 Å². The van der Waals surface area contributed by atoms with Crippen molar-refractivity contribution >= 4 is 23.2 Å². The lowest BCUT2D eigenvalue weighted by atomic mass is 10.1. The minimum absolute atomic E-state index is 0.0120. The summed E-state index contributed by atoms with van der Waals surface area (Å²) in [5, 5.41) is 13.1. The summed E-state index contributed by atoms with van der Waals surface area (Å²) in [5.41, 5.74) is 0.705. The molecule has 2 N–H and O–H groups in total. The highest BCUT2D eigenvalue weighted by atomic mass is 35.5. The van der Waals surface area contributed by atoms with Gasteiger partial charge in [-0.15, -0.1) is 6.42 Å². The number of hydrogen-bond donors (Lipinski definition) is 2. The van der Waals surface area contributed by atoms with Gasteiger partial charge < -0.3 is 15.2 Å². The molecule has 2 rings (SSSR count). The van der Waals surface area contributed by atoms with Crippen molar-refractivity contribution in [3.05, 3.63) is 58.9 Å². The molecule has 0 aliphatic carbocycles. The van der Waals surface area contributed by atoms with E-state index < -0.39 is 17.8 Å². The highest BCUT2D eigenvalue weighted by Gasteiger charge is 2.15. The summed E-state index contributed by atoms with van der Waals surface area (Å²) in [5.74, 6) is 1.52. The molecular weight excluding hydrogens is 333 g/mol. The van der Waals surface area contributed by atoms with Crippen molar-refractivity contribution in [2.24, 2.45) is 0 Å². The fourth-order valence-corrected chi connectivity index (χ4v) is 2.15. The van der Waals surface area contributed by atoms with Crippen LogP contribution in [0.15, 0.2) is 42.5 Å². The Bertz CT molecular complexity index is 756. The zero-order chi connectivity index (χ0) is 17.5. The Morgan fingerprint density at radius 1 is 1.33 bits per heavy atom. The number of rotatable bonds is 6. The zero-order valence-electron chi connectivity index (χ0n) is 12.6. The molecule has 1 unspecified atom stereocenters. The van der Waals surface area contributed by atoms with Crippen LogP contribution in [0.4, 0.5) is 10.1 Å². The number of terminal acetylenes is 1. The minimum atomic E-state index is -1.01. The van der Waals surface area contributed by atoms with Crippen molar-refractivity contribution in [3.63, 3.8) is 0 Å². The number of hydrogen-bond acceptors (Lipinski definition) is 3. The van der Waals surface area contributed by atoms with Gasteiger partial charge in [0, 0.05) is 11.1 Å². The molecule has 4 nitrogen and oxygen atoms in total. The van der Waals surface area contributed by atoms with E-state index in [0.717, 1.165) is 6.07 Å². The Labute approximate surface area is 144 Å². The van der Waals surface area contributed by atoms with Gasteiger partial charge in [0.05, 0.1) is 18.2 Å². The molecule has 0 bridgehead atoms. The Kier molecular flexibility index (Phi) is 6.19. The lowest BCUT2D eigenvalue weighted by Crippen LogP contribution is -2.16. The molecule has 0 saturated carbocycles. The standard InChI is InChI=1S/C18H15ClFNO3/c1-2-9-24-17-8-7-14(20)10-15(17)21-18(23)11-16(22)12-3-5-13(19)6-4-12/h1,3-8,10,16,22H,9,11H2,(H,21,23). The molecule has 6 heteroatoms. The van der Waals surface area contributed by atoms with E-state index in [-0.39, 0.29) is 24.5 Å². The average Bonchev–Trinajstić information content (AvgIpc) is 2.54. The molecule has 0 aliphatic heterocycles. The molecule has 1 atom stereocenters. The largest absolute Gasteiger partial charge is 0.479 e. The van der Waals surface area contributed by atoms with Crippen molar-refractivity contribution in [1.29, 1.82) is 0 Å². The smallest absolute Gasteiger partial charge is 0.227 e. The summed E-state index contributed by atoms with van der Waals surface area (Å²) < 4.78 is 18.6. The van der Waals surface area contributed by atoms with E-state index >= 15 is 0 Å². The van der Waals surface area contributed by atoms with E-state index in [9.17, 15) is 14.3 Å². The van der Waals surface area contributed by atoms with Gasteiger partial charge in [-0.25, -0.2) is 4.39 Å². The monoisotopic (exact) mass is 347 g/mol. The summed E-state index contributed by atoms with van der Waals surface area (Å²) in [7, 11) is 0. The number of nitrogens with one attached hydrogen (secondary N) is 1. The SMILES string of the molecule is C#CCOc1ccc(F)cc1NC(=O)CC(O)c1ccc(Cl)cc1. The van der Waals surface area contributed by atoms with Crippen LogP contribution in [0.1, 0.15) is 18.1 Å². The third-order valence-electron chi connectivity index (χ3n) is 3.16. The van der Waals surface area contributed by atoms with Crippen molar-refractivity contribution in [3.8, 4) is 18.1 Å². The second-order valence-electron chi connectivity index (χ2n) is 4.95. The number of aliphatic hydroxyl groups excluding tert-OH is 1. The Balaban J connectivity index is 2.05. The van der Waals surface area contributed by atoms with Crippen LogP contribution < -0.4 is 10.1 Å². The first-order chi connectivity index (χ1) is 11.5. The minimum Gasteiger partial charge on any atom is -0.479 e. The highest BCUT2D eigenvalue weighted by molar-refractivity contribution is 6.30. The van der Waals surface area contributed by atoms with E-state index in [1.54, 1.807) is 24.3 Å². The number of anilines is 1. The summed E-state index contributed by atoms with van der Waals surface area (Å²) in [6.07, 6.45) is 3.91. The zero-order valence-corrected chi connectivity index (χ0v) is 13.4. The molecule has 2 aromatic carbocycles. The molecule has 0 spiro atoms. The van der Waals surface area contributed by atoms with E-state index in [1.807, 2.05) is 0 Å². The first kappa shape index (κ1) is 17.8. The summed E-state index contributed by atoms with van der Waals surface area (Å²) in [6.45, 7) is -0.0120. The van der Waals surface area contributed by atoms with Gasteiger partial charge in [0.2, 0.25) is 5.91 Å². The molecule has 24 heavy (non-hydrogen) atoms. The number of halogens is 2. The fraction of sp³-hybridized carbons (Fsp3) is 0.167. The molecule has 124 valence electrons. The third-order valence-corrected chi connectivity index (χ3v) is 3.41. The topological polar surface area (TPSA) is 58.6 Å². The lowest BCUT2D eigenvalue weighted by Gasteiger charge is -2.14. The van der Waals surface area contributed by atoms with Gasteiger partial charge in [-0.05, 0) is 29.8 Å². The number of ether oxygens (including phenoxy) is 1. The Hall–Kier alpha value is -2.55. The van der Waals surface area contributed by atoms with Crippen LogP contribution in [-0.2, 0) is 4.79 Å². The fourth-order valence-electron chi connectivity index (χ4n) is 2.02. The molecule has 2 aromatic rings. The van der Waals surface area contributed by atoms with Crippen LogP contribution in [0.2, 0.25) is 5.02 Å². The van der Waals surface area contributed by atoms with Crippen LogP contribution in [0, 0.1) is 18.2 Å². The van der Waals surface area contributed by atoms with Crippen molar-refractivity contribution < 1.29 is 19.0 Å². The number of aliphatic hydroxyl groups is 1. The predicted molar refractivity (Wildman–Crippen MR) is 90.4 cm³/mol. The molecule has 0 aliphatic rings. The molecule has 0 saturated heterocycles. The maximum absolute atomic E-state index is 13.4. The summed E-state index contributed by atoms with van der Waals surface area (Å²) in [4.78, 5) is 12.1. The summed E-state index contributed by atoms with van der Waals surface area (Å²) in [6, 6.07) is 10.2. The number of carbonyl (C=O) groups excluding carboxylic acids is 1. The molecular formula is C18H15ClFNO3. The number of benzene rings is 2. The van der Waals surface area contributed by atoms with Crippen LogP contribution in [0.3, 0.4) is 0 Å². The van der Waals surface area contributed by atoms with Crippen LogP contribution >= 0.6 is 11.6 Å².